The van der Waals surface area contributed by atoms with Crippen molar-refractivity contribution in [3.05, 3.63) is 27.6 Å². The maximum absolute atomic E-state index is 5.46. The quantitative estimate of drug-likeness (QED) is 0.626. The number of alkyl halides is 1. The van der Waals surface area contributed by atoms with Crippen molar-refractivity contribution in [1.82, 2.24) is 4.98 Å². The molecule has 0 amide bonds. The second-order valence-corrected chi connectivity index (χ2v) is 3.38. The summed E-state index contributed by atoms with van der Waals surface area (Å²) >= 11 is 7.71. The highest BCUT2D eigenvalue weighted by molar-refractivity contribution is 14.1. The van der Waals surface area contributed by atoms with Gasteiger partial charge >= 0.3 is 0 Å². The third-order valence-electron chi connectivity index (χ3n) is 1.06. The Kier molecular flexibility index (Phi) is 3.28. The van der Waals surface area contributed by atoms with Gasteiger partial charge in [-0.25, -0.2) is 0 Å². The predicted octanol–water partition coefficient (Wildman–Crippen LogP) is 2.87. The molecule has 1 nitrogen and oxygen atoms in total. The average Bonchev–Trinajstić information content (AvgIpc) is 2.31. The molecule has 0 aromatic carbocycles. The Morgan fingerprint density at radius 1 is 1.70 bits per heavy atom. The number of nitrogens with one attached hydrogen (secondary N) is 1. The Morgan fingerprint density at radius 2 is 2.50 bits per heavy atom. The van der Waals surface area contributed by atoms with E-state index in [2.05, 4.69) is 33.6 Å². The van der Waals surface area contributed by atoms with E-state index in [1.807, 2.05) is 18.3 Å². The Morgan fingerprint density at radius 3 is 3.00 bits per heavy atom. The average molecular weight is 267 g/mol. The zero-order valence-electron chi connectivity index (χ0n) is 5.27. The van der Waals surface area contributed by atoms with Crippen LogP contribution in [-0.4, -0.2) is 10.9 Å². The number of allylic oxidation sites excluding steroid dienone is 1. The Balaban J connectivity index is 2.67. The fraction of sp³-hybridized carbons (Fsp3) is 0.143. The molecule has 0 bridgehead atoms. The lowest BCUT2D eigenvalue weighted by Crippen LogP contribution is -1.66. The van der Waals surface area contributed by atoms with Crippen molar-refractivity contribution in [2.45, 2.75) is 0 Å². The number of aromatic amines is 1. The molecule has 0 fully saturated rings. The highest BCUT2D eigenvalue weighted by Gasteiger charge is 1.88. The standard InChI is InChI=1S/C7H7ClIN/c8-3-1-2-7-4-6(9)5-10-7/h1-2,4-5,10H,3H2. The molecule has 0 aliphatic heterocycles. The molecule has 1 N–H and O–H groups in total. The van der Waals surface area contributed by atoms with Crippen molar-refractivity contribution in [3.63, 3.8) is 0 Å². The van der Waals surface area contributed by atoms with Crippen LogP contribution >= 0.6 is 34.2 Å². The van der Waals surface area contributed by atoms with E-state index in [9.17, 15) is 0 Å². The van der Waals surface area contributed by atoms with Crippen LogP contribution in [0.1, 0.15) is 5.69 Å². The van der Waals surface area contributed by atoms with E-state index in [1.54, 1.807) is 0 Å². The first-order valence-electron chi connectivity index (χ1n) is 2.89. The van der Waals surface area contributed by atoms with Crippen LogP contribution in [0.25, 0.3) is 6.08 Å². The SMILES string of the molecule is ClCC=Cc1cc(I)c[nH]1. The molecule has 54 valence electrons. The second kappa shape index (κ2) is 4.03. The number of hydrogen-bond donors (Lipinski definition) is 1. The van der Waals surface area contributed by atoms with Gasteiger partial charge in [-0.3, -0.25) is 0 Å². The minimum atomic E-state index is 0.565. The van der Waals surface area contributed by atoms with Gasteiger partial charge in [0.15, 0.2) is 0 Å². The lowest BCUT2D eigenvalue weighted by Gasteiger charge is -1.80. The minimum Gasteiger partial charge on any atom is -0.361 e. The van der Waals surface area contributed by atoms with E-state index in [1.165, 1.54) is 3.57 Å². The first kappa shape index (κ1) is 8.14. The van der Waals surface area contributed by atoms with Crippen molar-refractivity contribution >= 4 is 40.3 Å². The van der Waals surface area contributed by atoms with Crippen LogP contribution in [0.5, 0.6) is 0 Å². The molecular weight excluding hydrogens is 260 g/mol. The van der Waals surface area contributed by atoms with Crippen molar-refractivity contribution in [3.8, 4) is 0 Å². The fourth-order valence-electron chi connectivity index (χ4n) is 0.652. The molecule has 1 aromatic rings. The van der Waals surface area contributed by atoms with Gasteiger partial charge < -0.3 is 4.98 Å². The maximum atomic E-state index is 5.46. The van der Waals surface area contributed by atoms with Crippen LogP contribution in [0.4, 0.5) is 0 Å². The number of rotatable bonds is 2. The maximum Gasteiger partial charge on any atom is 0.0407 e. The Bertz CT molecular complexity index is 229. The molecule has 10 heavy (non-hydrogen) atoms. The highest BCUT2D eigenvalue weighted by atomic mass is 127. The zero-order chi connectivity index (χ0) is 7.40. The van der Waals surface area contributed by atoms with Gasteiger partial charge in [-0.05, 0) is 34.7 Å². The van der Waals surface area contributed by atoms with E-state index in [4.69, 9.17) is 11.6 Å². The second-order valence-electron chi connectivity index (χ2n) is 1.83. The topological polar surface area (TPSA) is 15.8 Å². The van der Waals surface area contributed by atoms with E-state index in [0.29, 0.717) is 5.88 Å². The van der Waals surface area contributed by atoms with Crippen molar-refractivity contribution in [2.75, 3.05) is 5.88 Å². The van der Waals surface area contributed by atoms with Crippen LogP contribution in [0.2, 0.25) is 0 Å². The van der Waals surface area contributed by atoms with Gasteiger partial charge in [0.25, 0.3) is 0 Å². The molecule has 0 saturated heterocycles. The normalized spacial score (nSPS) is 11.0. The summed E-state index contributed by atoms with van der Waals surface area (Å²) < 4.78 is 1.21. The number of halogens is 2. The number of hydrogen-bond acceptors (Lipinski definition) is 0. The summed E-state index contributed by atoms with van der Waals surface area (Å²) in [5.41, 5.74) is 1.10. The molecule has 0 unspecified atom stereocenters. The third kappa shape index (κ3) is 2.34. The van der Waals surface area contributed by atoms with E-state index in [-0.39, 0.29) is 0 Å². The van der Waals surface area contributed by atoms with Crippen molar-refractivity contribution < 1.29 is 0 Å². The lowest BCUT2D eigenvalue weighted by molar-refractivity contribution is 1.37. The number of aromatic nitrogens is 1. The fourth-order valence-corrected chi connectivity index (χ4v) is 1.23. The van der Waals surface area contributed by atoms with Gasteiger partial charge in [0, 0.05) is 21.3 Å². The summed E-state index contributed by atoms with van der Waals surface area (Å²) in [6.07, 6.45) is 5.83. The predicted molar refractivity (Wildman–Crippen MR) is 53.3 cm³/mol. The summed E-state index contributed by atoms with van der Waals surface area (Å²) in [5.74, 6) is 0.565. The zero-order valence-corrected chi connectivity index (χ0v) is 8.19. The van der Waals surface area contributed by atoms with E-state index >= 15 is 0 Å². The molecule has 1 heterocycles. The third-order valence-corrected chi connectivity index (χ3v) is 1.86. The van der Waals surface area contributed by atoms with Gasteiger partial charge in [0.2, 0.25) is 0 Å². The molecule has 0 aliphatic carbocycles. The Labute approximate surface area is 78.6 Å². The first-order chi connectivity index (χ1) is 4.83. The minimum absolute atomic E-state index is 0.565. The molecule has 0 radical (unpaired) electrons. The summed E-state index contributed by atoms with van der Waals surface area (Å²) in [4.78, 5) is 3.09. The van der Waals surface area contributed by atoms with Gasteiger partial charge in [-0.1, -0.05) is 6.08 Å². The van der Waals surface area contributed by atoms with Crippen molar-refractivity contribution in [2.24, 2.45) is 0 Å². The molecule has 0 spiro atoms. The van der Waals surface area contributed by atoms with Gasteiger partial charge in [-0.15, -0.1) is 11.6 Å². The molecular formula is C7H7ClIN. The number of H-pyrrole nitrogens is 1. The van der Waals surface area contributed by atoms with Crippen LogP contribution in [0, 0.1) is 3.57 Å². The summed E-state index contributed by atoms with van der Waals surface area (Å²) in [6.45, 7) is 0. The van der Waals surface area contributed by atoms with E-state index < -0.39 is 0 Å². The van der Waals surface area contributed by atoms with Crippen LogP contribution < -0.4 is 0 Å². The monoisotopic (exact) mass is 267 g/mol. The van der Waals surface area contributed by atoms with Crippen LogP contribution in [0.3, 0.4) is 0 Å². The lowest BCUT2D eigenvalue weighted by atomic mass is 10.4. The van der Waals surface area contributed by atoms with E-state index in [0.717, 1.165) is 5.69 Å². The van der Waals surface area contributed by atoms with Crippen molar-refractivity contribution in [1.29, 1.82) is 0 Å². The van der Waals surface area contributed by atoms with Gasteiger partial charge in [-0.2, -0.15) is 0 Å². The molecule has 0 aliphatic rings. The molecule has 3 heteroatoms. The molecule has 0 atom stereocenters. The van der Waals surface area contributed by atoms with Gasteiger partial charge in [0.1, 0.15) is 0 Å². The summed E-state index contributed by atoms with van der Waals surface area (Å²) in [6, 6.07) is 2.06. The van der Waals surface area contributed by atoms with Crippen LogP contribution in [-0.2, 0) is 0 Å². The Hall–Kier alpha value is 0.0400. The molecule has 0 saturated carbocycles. The first-order valence-corrected chi connectivity index (χ1v) is 4.50. The van der Waals surface area contributed by atoms with Crippen LogP contribution in [0.15, 0.2) is 18.3 Å². The highest BCUT2D eigenvalue weighted by Crippen LogP contribution is 2.07. The summed E-state index contributed by atoms with van der Waals surface area (Å²) in [7, 11) is 0. The molecule has 1 rings (SSSR count). The largest absolute Gasteiger partial charge is 0.361 e. The summed E-state index contributed by atoms with van der Waals surface area (Å²) in [5, 5.41) is 0. The molecule has 1 aromatic heterocycles. The van der Waals surface area contributed by atoms with Gasteiger partial charge in [0.05, 0.1) is 0 Å². The smallest absolute Gasteiger partial charge is 0.0407 e.